The van der Waals surface area contributed by atoms with Crippen molar-refractivity contribution in [2.75, 3.05) is 64.6 Å². The van der Waals surface area contributed by atoms with Crippen molar-refractivity contribution in [3.63, 3.8) is 0 Å². The Morgan fingerprint density at radius 2 is 1.82 bits per heavy atom. The highest BCUT2D eigenvalue weighted by atomic mass is 19.1. The summed E-state index contributed by atoms with van der Waals surface area (Å²) in [5.41, 5.74) is -0.678. The molecule has 4 atom stereocenters. The fraction of sp³-hybridized carbons (Fsp3) is 0.524. The van der Waals surface area contributed by atoms with Crippen molar-refractivity contribution in [1.29, 1.82) is 0 Å². The normalized spacial score (nSPS) is 22.5. The number of nitrogens with zero attached hydrogens (tertiary/aromatic N) is 4. The van der Waals surface area contributed by atoms with Crippen molar-refractivity contribution in [3.05, 3.63) is 58.1 Å². The summed E-state index contributed by atoms with van der Waals surface area (Å²) < 4.78 is 64.0. The molecule has 0 radical (unpaired) electrons. The quantitative estimate of drug-likeness (QED) is 0.147. The summed E-state index contributed by atoms with van der Waals surface area (Å²) in [7, 11) is 1.67. The number of terminal acetylenes is 1. The van der Waals surface area contributed by atoms with E-state index in [0.29, 0.717) is 49.4 Å². The summed E-state index contributed by atoms with van der Waals surface area (Å²) in [4.78, 5) is 38.8. The number of hydrogen-bond acceptors (Lipinski definition) is 11. The SMILES string of the molecule is C#Cc1c(F)ccc2cc(OC=O)cc(-c3ncc4c(N5CC6CCC(C5)N6)nc(=O)[nH]c4c3F)c12.CCOCC(COCC)OC.C[C@@]12CCCN1C[C@H](F)C2. The minimum Gasteiger partial charge on any atom is -0.429 e. The van der Waals surface area contributed by atoms with Crippen LogP contribution in [-0.4, -0.2) is 116 Å². The number of ether oxygens (including phenoxy) is 4. The van der Waals surface area contributed by atoms with Crippen molar-refractivity contribution >= 4 is 34.0 Å². The van der Waals surface area contributed by atoms with Crippen LogP contribution in [0.25, 0.3) is 32.9 Å². The van der Waals surface area contributed by atoms with E-state index in [1.165, 1.54) is 43.3 Å². The predicted octanol–water partition coefficient (Wildman–Crippen LogP) is 5.53. The van der Waals surface area contributed by atoms with Crippen LogP contribution in [-0.2, 0) is 19.0 Å². The molecule has 2 aromatic carbocycles. The molecule has 2 N–H and O–H groups in total. The largest absolute Gasteiger partial charge is 0.429 e. The van der Waals surface area contributed by atoms with E-state index in [0.717, 1.165) is 39.0 Å². The molecule has 4 fully saturated rings. The molecule has 15 heteroatoms. The van der Waals surface area contributed by atoms with Gasteiger partial charge in [0.2, 0.25) is 0 Å². The first-order valence-electron chi connectivity index (χ1n) is 19.5. The molecule has 2 aromatic heterocycles. The molecule has 2 unspecified atom stereocenters. The Balaban J connectivity index is 0.000000213. The highest BCUT2D eigenvalue weighted by Crippen LogP contribution is 2.40. The Morgan fingerprint density at radius 1 is 1.11 bits per heavy atom. The summed E-state index contributed by atoms with van der Waals surface area (Å²) in [6, 6.07) is 6.06. The molecule has 0 amide bonds. The molecule has 4 aromatic rings. The van der Waals surface area contributed by atoms with Gasteiger partial charge in [0.1, 0.15) is 35.4 Å². The number of fused-ring (bicyclic) bond motifs is 5. The molecule has 6 heterocycles. The second-order valence-electron chi connectivity index (χ2n) is 15.0. The van der Waals surface area contributed by atoms with Gasteiger partial charge in [0.15, 0.2) is 5.82 Å². The topological polar surface area (TPSA) is 131 Å². The fourth-order valence-corrected chi connectivity index (χ4v) is 8.42. The Kier molecular flexibility index (Phi) is 13.8. The fourth-order valence-electron chi connectivity index (χ4n) is 8.42. The highest BCUT2D eigenvalue weighted by molar-refractivity contribution is 6.03. The lowest BCUT2D eigenvalue weighted by atomic mass is 9.95. The summed E-state index contributed by atoms with van der Waals surface area (Å²) in [6.45, 7) is 12.2. The average molecular weight is 793 g/mol. The third kappa shape index (κ3) is 9.42. The van der Waals surface area contributed by atoms with Gasteiger partial charge in [-0.3, -0.25) is 14.7 Å². The van der Waals surface area contributed by atoms with Crippen LogP contribution < -0.4 is 20.6 Å². The van der Waals surface area contributed by atoms with Crippen LogP contribution in [0.1, 0.15) is 58.4 Å². The van der Waals surface area contributed by atoms with E-state index in [4.69, 9.17) is 25.4 Å². The molecule has 306 valence electrons. The molecular formula is C42H51F3N6O6. The van der Waals surface area contributed by atoms with Crippen LogP contribution in [0.3, 0.4) is 0 Å². The molecule has 4 saturated heterocycles. The number of aromatic nitrogens is 3. The summed E-state index contributed by atoms with van der Waals surface area (Å²) >= 11 is 0. The van der Waals surface area contributed by atoms with Gasteiger partial charge in [0.25, 0.3) is 6.47 Å². The number of hydrogen-bond donors (Lipinski definition) is 2. The maximum atomic E-state index is 16.1. The minimum absolute atomic E-state index is 0.0746. The third-order valence-corrected chi connectivity index (χ3v) is 11.2. The van der Waals surface area contributed by atoms with Crippen molar-refractivity contribution < 1.29 is 36.9 Å². The smallest absolute Gasteiger partial charge is 0.347 e. The van der Waals surface area contributed by atoms with E-state index in [1.807, 2.05) is 18.7 Å². The zero-order chi connectivity index (χ0) is 40.7. The number of carbonyl (C=O) groups excluding carboxylic acids is 1. The zero-order valence-corrected chi connectivity index (χ0v) is 32.9. The van der Waals surface area contributed by atoms with Gasteiger partial charge >= 0.3 is 5.69 Å². The van der Waals surface area contributed by atoms with Crippen molar-refractivity contribution in [1.82, 2.24) is 25.2 Å². The Labute approximate surface area is 330 Å². The van der Waals surface area contributed by atoms with E-state index in [9.17, 15) is 18.4 Å². The second-order valence-corrected chi connectivity index (χ2v) is 15.0. The lowest BCUT2D eigenvalue weighted by Gasteiger charge is -2.34. The van der Waals surface area contributed by atoms with Crippen LogP contribution in [0.4, 0.5) is 19.0 Å². The molecule has 57 heavy (non-hydrogen) atoms. The number of halogens is 3. The molecule has 0 spiro atoms. The number of rotatable bonds is 11. The number of aromatic amines is 1. The molecule has 4 aliphatic heterocycles. The molecule has 0 saturated carbocycles. The van der Waals surface area contributed by atoms with E-state index >= 15 is 4.39 Å². The first-order valence-corrected chi connectivity index (χ1v) is 19.5. The van der Waals surface area contributed by atoms with E-state index in [-0.39, 0.29) is 63.7 Å². The maximum Gasteiger partial charge on any atom is 0.347 e. The van der Waals surface area contributed by atoms with Gasteiger partial charge < -0.3 is 34.1 Å². The lowest BCUT2D eigenvalue weighted by molar-refractivity contribution is -0.120. The standard InChI is InChI=1S/C26H19F2N5O3.C8H14FN.C8H18O3/c1-2-17-20(27)6-3-13-7-16(36-12-34)8-18(21(13)17)23-22(28)24-19(9-29-23)25(32-26(35)31-24)33-10-14-4-5-15(11-33)30-14;1-8-3-2-4-10(8)6-7(9)5-8;1-4-10-6-8(9-3)7-11-5-2/h1,3,6-9,12,14-15,30H,4-5,10-11H2,(H,31,32,35);7H,2-6H2,1H3;8H,4-7H2,1-3H3/t;7-,8+;/m.1./s1. The monoisotopic (exact) mass is 792 g/mol. The molecule has 4 aliphatic rings. The van der Waals surface area contributed by atoms with Crippen LogP contribution >= 0.6 is 0 Å². The van der Waals surface area contributed by atoms with Crippen molar-refractivity contribution in [3.8, 4) is 29.4 Å². The number of methoxy groups -OCH3 is 1. The third-order valence-electron chi connectivity index (χ3n) is 11.2. The molecule has 8 rings (SSSR count). The van der Waals surface area contributed by atoms with Crippen molar-refractivity contribution in [2.45, 2.75) is 82.8 Å². The second kappa shape index (κ2) is 18.8. The van der Waals surface area contributed by atoms with Gasteiger partial charge in [0.05, 0.1) is 29.7 Å². The Morgan fingerprint density at radius 3 is 2.46 bits per heavy atom. The number of carbonyl (C=O) groups is 1. The van der Waals surface area contributed by atoms with Gasteiger partial charge in [-0.2, -0.15) is 4.98 Å². The average Bonchev–Trinajstić information content (AvgIpc) is 3.83. The number of alkyl halides is 1. The molecule has 0 aliphatic carbocycles. The number of nitrogens with one attached hydrogen (secondary N) is 2. The van der Waals surface area contributed by atoms with Gasteiger partial charge in [-0.05, 0) is 83.0 Å². The van der Waals surface area contributed by atoms with Crippen molar-refractivity contribution in [2.24, 2.45) is 0 Å². The predicted molar refractivity (Wildman–Crippen MR) is 212 cm³/mol. The van der Waals surface area contributed by atoms with Crippen LogP contribution in [0.15, 0.2) is 35.3 Å². The number of anilines is 1. The van der Waals surface area contributed by atoms with Crippen LogP contribution in [0, 0.1) is 24.0 Å². The first-order chi connectivity index (χ1) is 27.5. The summed E-state index contributed by atoms with van der Waals surface area (Å²) in [6.07, 6.45) is 11.8. The van der Waals surface area contributed by atoms with Gasteiger partial charge in [-0.25, -0.2) is 18.0 Å². The summed E-state index contributed by atoms with van der Waals surface area (Å²) in [5, 5.41) is 4.53. The number of benzene rings is 2. The van der Waals surface area contributed by atoms with Crippen LogP contribution in [0.5, 0.6) is 5.75 Å². The number of piperazine rings is 1. The number of pyridine rings is 1. The maximum absolute atomic E-state index is 16.1. The van der Waals surface area contributed by atoms with E-state index in [1.54, 1.807) is 7.11 Å². The lowest BCUT2D eigenvalue weighted by Crippen LogP contribution is -2.51. The molecular weight excluding hydrogens is 741 g/mol. The minimum atomic E-state index is -0.830. The van der Waals surface area contributed by atoms with Gasteiger partial charge in [-0.1, -0.05) is 12.0 Å². The van der Waals surface area contributed by atoms with E-state index in [2.05, 4.69) is 38.0 Å². The summed E-state index contributed by atoms with van der Waals surface area (Å²) in [5.74, 6) is 1.29. The van der Waals surface area contributed by atoms with Gasteiger partial charge in [-0.15, -0.1) is 6.42 Å². The van der Waals surface area contributed by atoms with E-state index < -0.39 is 23.5 Å². The Bertz CT molecular complexity index is 2130. The van der Waals surface area contributed by atoms with Crippen LogP contribution in [0.2, 0.25) is 0 Å². The zero-order valence-electron chi connectivity index (χ0n) is 32.9. The Hall–Kier alpha value is -4.59. The van der Waals surface area contributed by atoms with Gasteiger partial charge in [0, 0.05) is 74.7 Å². The number of H-pyrrole nitrogens is 1. The first kappa shape index (κ1) is 42.0. The molecule has 12 nitrogen and oxygen atoms in total. The highest BCUT2D eigenvalue weighted by Gasteiger charge is 2.44. The molecule has 2 bridgehead atoms.